The van der Waals surface area contributed by atoms with Gasteiger partial charge < -0.3 is 14.2 Å². The fourth-order valence-electron chi connectivity index (χ4n) is 5.30. The zero-order chi connectivity index (χ0) is 32.9. The van der Waals surface area contributed by atoms with Crippen molar-refractivity contribution < 1.29 is 28.6 Å². The molecule has 4 aromatic carbocycles. The number of carbonyl (C=O) groups excluding carboxylic acids is 3. The first-order valence-electron chi connectivity index (χ1n) is 16.6. The summed E-state index contributed by atoms with van der Waals surface area (Å²) in [7, 11) is 0. The van der Waals surface area contributed by atoms with E-state index in [0.717, 1.165) is 59.6 Å². The number of esters is 3. The lowest BCUT2D eigenvalue weighted by Crippen LogP contribution is -2.18. The van der Waals surface area contributed by atoms with Crippen LogP contribution in [-0.4, -0.2) is 24.5 Å². The van der Waals surface area contributed by atoms with Crippen LogP contribution in [0.15, 0.2) is 84.9 Å². The van der Waals surface area contributed by atoms with E-state index in [1.54, 1.807) is 30.3 Å². The monoisotopic (exact) mass is 622 g/mol. The van der Waals surface area contributed by atoms with Crippen LogP contribution in [0.2, 0.25) is 0 Å². The van der Waals surface area contributed by atoms with Gasteiger partial charge in [0, 0.05) is 6.42 Å². The minimum Gasteiger partial charge on any atom is -0.465 e. The molecule has 0 heterocycles. The summed E-state index contributed by atoms with van der Waals surface area (Å²) in [5.74, 6) is 0.111. The first kappa shape index (κ1) is 34.4. The molecule has 0 aliphatic carbocycles. The predicted molar refractivity (Wildman–Crippen MR) is 183 cm³/mol. The van der Waals surface area contributed by atoms with Crippen LogP contribution < -0.4 is 9.47 Å². The fourth-order valence-corrected chi connectivity index (χ4v) is 5.30. The molecule has 0 unspecified atom stereocenters. The minimum atomic E-state index is -0.451. The molecule has 0 fully saturated rings. The third kappa shape index (κ3) is 9.77. The maximum absolute atomic E-state index is 12.9. The SMILES string of the molecule is CCCCCCCC(=O)Oc1ccc(-c2ccc(C(=O)Oc3ccc4cc([C@H](C)C(=O)OCC(CC)CC)ccc4c3)cc2)cc1. The molecule has 0 radical (unpaired) electrons. The summed E-state index contributed by atoms with van der Waals surface area (Å²) in [6, 6.07) is 25.9. The van der Waals surface area contributed by atoms with Gasteiger partial charge in [-0.25, -0.2) is 4.79 Å². The Labute approximate surface area is 273 Å². The van der Waals surface area contributed by atoms with Gasteiger partial charge in [0.1, 0.15) is 11.5 Å². The van der Waals surface area contributed by atoms with Crippen molar-refractivity contribution in [3.8, 4) is 22.6 Å². The van der Waals surface area contributed by atoms with Crippen molar-refractivity contribution in [2.45, 2.75) is 85.0 Å². The molecule has 0 N–H and O–H groups in total. The van der Waals surface area contributed by atoms with E-state index in [0.29, 0.717) is 36.0 Å². The van der Waals surface area contributed by atoms with Crippen LogP contribution in [0.25, 0.3) is 21.9 Å². The number of fused-ring (bicyclic) bond motifs is 1. The van der Waals surface area contributed by atoms with Gasteiger partial charge in [0.05, 0.1) is 18.1 Å². The van der Waals surface area contributed by atoms with Crippen LogP contribution in [0.5, 0.6) is 11.5 Å². The molecule has 0 aliphatic rings. The van der Waals surface area contributed by atoms with Crippen LogP contribution in [-0.2, 0) is 14.3 Å². The molecule has 0 saturated carbocycles. The fraction of sp³-hybridized carbons (Fsp3) is 0.375. The molecule has 0 aliphatic heterocycles. The van der Waals surface area contributed by atoms with E-state index in [-0.39, 0.29) is 17.9 Å². The van der Waals surface area contributed by atoms with Crippen LogP contribution in [0.3, 0.4) is 0 Å². The Bertz CT molecular complexity index is 1580. The Kier molecular flexibility index (Phi) is 12.9. The van der Waals surface area contributed by atoms with E-state index in [4.69, 9.17) is 14.2 Å². The summed E-state index contributed by atoms with van der Waals surface area (Å²) < 4.78 is 16.7. The first-order valence-corrected chi connectivity index (χ1v) is 16.6. The Morgan fingerprint density at radius 3 is 1.93 bits per heavy atom. The first-order chi connectivity index (χ1) is 22.3. The predicted octanol–water partition coefficient (Wildman–Crippen LogP) is 10.1. The Hall–Kier alpha value is -4.45. The number of carbonyl (C=O) groups is 3. The van der Waals surface area contributed by atoms with Crippen molar-refractivity contribution in [2.75, 3.05) is 6.61 Å². The maximum atomic E-state index is 12.9. The summed E-state index contributed by atoms with van der Waals surface area (Å²) in [4.78, 5) is 37.7. The molecule has 0 aromatic heterocycles. The lowest BCUT2D eigenvalue weighted by Gasteiger charge is -2.16. The number of rotatable bonds is 16. The summed E-state index contributed by atoms with van der Waals surface area (Å²) in [6.07, 6.45) is 7.84. The molecule has 4 rings (SSSR count). The van der Waals surface area contributed by atoms with Gasteiger partial charge in [0.25, 0.3) is 0 Å². The van der Waals surface area contributed by atoms with Crippen molar-refractivity contribution in [3.05, 3.63) is 96.1 Å². The maximum Gasteiger partial charge on any atom is 0.343 e. The summed E-state index contributed by atoms with van der Waals surface area (Å²) in [5, 5.41) is 1.85. The molecular weight excluding hydrogens is 576 g/mol. The van der Waals surface area contributed by atoms with E-state index < -0.39 is 5.97 Å². The third-order valence-electron chi connectivity index (χ3n) is 8.54. The minimum absolute atomic E-state index is 0.206. The highest BCUT2D eigenvalue weighted by atomic mass is 16.5. The average molecular weight is 623 g/mol. The highest BCUT2D eigenvalue weighted by Crippen LogP contribution is 2.28. The molecule has 0 spiro atoms. The molecule has 0 amide bonds. The smallest absolute Gasteiger partial charge is 0.343 e. The van der Waals surface area contributed by atoms with Gasteiger partial charge in [0.15, 0.2) is 0 Å². The van der Waals surface area contributed by atoms with Crippen LogP contribution in [0.4, 0.5) is 0 Å². The van der Waals surface area contributed by atoms with Crippen molar-refractivity contribution in [3.63, 3.8) is 0 Å². The lowest BCUT2D eigenvalue weighted by molar-refractivity contribution is -0.146. The van der Waals surface area contributed by atoms with Gasteiger partial charge in [-0.3, -0.25) is 9.59 Å². The van der Waals surface area contributed by atoms with Crippen LogP contribution >= 0.6 is 0 Å². The second-order valence-corrected chi connectivity index (χ2v) is 11.9. The number of unbranched alkanes of at least 4 members (excludes halogenated alkanes) is 4. The normalized spacial score (nSPS) is 11.8. The highest BCUT2D eigenvalue weighted by molar-refractivity contribution is 5.93. The highest BCUT2D eigenvalue weighted by Gasteiger charge is 2.19. The van der Waals surface area contributed by atoms with E-state index in [1.165, 1.54) is 12.8 Å². The van der Waals surface area contributed by atoms with Gasteiger partial charge in [0.2, 0.25) is 0 Å². The molecule has 6 heteroatoms. The lowest BCUT2D eigenvalue weighted by atomic mass is 9.97. The molecule has 4 aromatic rings. The number of ether oxygens (including phenoxy) is 3. The van der Waals surface area contributed by atoms with E-state index in [2.05, 4.69) is 20.8 Å². The molecule has 1 atom stereocenters. The summed E-state index contributed by atoms with van der Waals surface area (Å²) >= 11 is 0. The van der Waals surface area contributed by atoms with Gasteiger partial charge in [-0.1, -0.05) is 108 Å². The van der Waals surface area contributed by atoms with Gasteiger partial charge >= 0.3 is 17.9 Å². The topological polar surface area (TPSA) is 78.9 Å². The van der Waals surface area contributed by atoms with Gasteiger partial charge in [-0.15, -0.1) is 0 Å². The van der Waals surface area contributed by atoms with Crippen molar-refractivity contribution >= 4 is 28.7 Å². The molecule has 6 nitrogen and oxygen atoms in total. The molecule has 242 valence electrons. The third-order valence-corrected chi connectivity index (χ3v) is 8.54. The molecule has 0 bridgehead atoms. The summed E-state index contributed by atoms with van der Waals surface area (Å²) in [5.41, 5.74) is 3.20. The Morgan fingerprint density at radius 1 is 0.652 bits per heavy atom. The van der Waals surface area contributed by atoms with Crippen LogP contribution in [0, 0.1) is 5.92 Å². The molecule has 46 heavy (non-hydrogen) atoms. The van der Waals surface area contributed by atoms with Crippen molar-refractivity contribution in [2.24, 2.45) is 5.92 Å². The Morgan fingerprint density at radius 2 is 1.26 bits per heavy atom. The number of hydrogen-bond donors (Lipinski definition) is 0. The van der Waals surface area contributed by atoms with Gasteiger partial charge in [-0.05, 0) is 83.1 Å². The number of hydrogen-bond acceptors (Lipinski definition) is 6. The second-order valence-electron chi connectivity index (χ2n) is 11.9. The molecule has 0 saturated heterocycles. The average Bonchev–Trinajstić information content (AvgIpc) is 3.08. The number of benzene rings is 4. The van der Waals surface area contributed by atoms with E-state index >= 15 is 0 Å². The van der Waals surface area contributed by atoms with Crippen molar-refractivity contribution in [1.82, 2.24) is 0 Å². The molecular formula is C40H46O6. The van der Waals surface area contributed by atoms with Crippen LogP contribution in [0.1, 0.15) is 101 Å². The van der Waals surface area contributed by atoms with Gasteiger partial charge in [-0.2, -0.15) is 0 Å². The van der Waals surface area contributed by atoms with E-state index in [1.807, 2.05) is 61.5 Å². The van der Waals surface area contributed by atoms with Crippen molar-refractivity contribution in [1.29, 1.82) is 0 Å². The zero-order valence-corrected chi connectivity index (χ0v) is 27.6. The Balaban J connectivity index is 1.31. The second kappa shape index (κ2) is 17.3. The summed E-state index contributed by atoms with van der Waals surface area (Å²) in [6.45, 7) is 8.70. The largest absolute Gasteiger partial charge is 0.465 e. The zero-order valence-electron chi connectivity index (χ0n) is 27.6. The quantitative estimate of drug-likeness (QED) is 0.0703. The standard InChI is InChI=1S/C40H46O6/c1-5-8-9-10-11-12-38(41)45-36-22-19-31(20-23-36)30-13-15-32(16-14-30)40(43)46-37-24-21-34-25-33(17-18-35(34)26-37)28(4)39(42)44-27-29(6-2)7-3/h13-26,28-29H,5-12,27H2,1-4H3/t28-/m0/s1. The van der Waals surface area contributed by atoms with E-state index in [9.17, 15) is 14.4 Å².